The molecule has 0 unspecified atom stereocenters. The maximum Gasteiger partial charge on any atom is 0.258 e. The lowest BCUT2D eigenvalue weighted by Gasteiger charge is -2.19. The van der Waals surface area contributed by atoms with E-state index >= 15 is 0 Å². The quantitative estimate of drug-likeness (QED) is 0.719. The van der Waals surface area contributed by atoms with Crippen LogP contribution in [0.4, 0.5) is 0 Å². The fraction of sp³-hybridized carbons (Fsp3) is 0.364. The van der Waals surface area contributed by atoms with Gasteiger partial charge in [-0.2, -0.15) is 0 Å². The van der Waals surface area contributed by atoms with E-state index in [0.717, 1.165) is 0 Å². The molecule has 0 aliphatic carbocycles. The van der Waals surface area contributed by atoms with Crippen LogP contribution >= 0.6 is 0 Å². The molecule has 0 spiro atoms. The van der Waals surface area contributed by atoms with Gasteiger partial charge in [-0.1, -0.05) is 39.0 Å². The van der Waals surface area contributed by atoms with E-state index in [9.17, 15) is 9.59 Å². The van der Waals surface area contributed by atoms with Gasteiger partial charge >= 0.3 is 0 Å². The number of carbonyl (C=O) groups excluding carboxylic acids is 2. The fourth-order valence-corrected chi connectivity index (χ4v) is 2.74. The van der Waals surface area contributed by atoms with E-state index in [-0.39, 0.29) is 23.8 Å². The van der Waals surface area contributed by atoms with Gasteiger partial charge in [-0.05, 0) is 35.2 Å². The third kappa shape index (κ3) is 5.25. The summed E-state index contributed by atoms with van der Waals surface area (Å²) in [6.07, 6.45) is 0. The second-order valence-corrected chi connectivity index (χ2v) is 7.38. The van der Waals surface area contributed by atoms with Crippen molar-refractivity contribution in [2.75, 3.05) is 27.3 Å². The summed E-state index contributed by atoms with van der Waals surface area (Å²) in [5.74, 6) is 0.363. The lowest BCUT2D eigenvalue weighted by atomic mass is 9.87. The molecule has 0 saturated carbocycles. The minimum absolute atomic E-state index is 0.0405. The number of hydrogen-bond donors (Lipinski definition) is 2. The number of carbonyl (C=O) groups is 2. The molecule has 0 radical (unpaired) electrons. The maximum atomic E-state index is 12.5. The number of methoxy groups -OCH3 is 2. The fourth-order valence-electron chi connectivity index (χ4n) is 2.74. The molecule has 0 atom stereocenters. The molecule has 6 heteroatoms. The number of ether oxygens (including phenoxy) is 2. The van der Waals surface area contributed by atoms with Crippen LogP contribution in [0.1, 0.15) is 47.1 Å². The lowest BCUT2D eigenvalue weighted by molar-refractivity contribution is 0.0924. The third-order valence-corrected chi connectivity index (χ3v) is 4.36. The summed E-state index contributed by atoms with van der Waals surface area (Å²) < 4.78 is 10.5. The average molecular weight is 384 g/mol. The summed E-state index contributed by atoms with van der Waals surface area (Å²) in [5.41, 5.74) is 2.13. The first-order chi connectivity index (χ1) is 13.3. The number of hydrogen-bond acceptors (Lipinski definition) is 4. The van der Waals surface area contributed by atoms with Gasteiger partial charge in [-0.3, -0.25) is 9.59 Å². The second-order valence-electron chi connectivity index (χ2n) is 7.38. The van der Waals surface area contributed by atoms with Gasteiger partial charge in [0.1, 0.15) is 17.1 Å². The maximum absolute atomic E-state index is 12.5. The van der Waals surface area contributed by atoms with E-state index in [1.807, 2.05) is 24.3 Å². The predicted molar refractivity (Wildman–Crippen MR) is 109 cm³/mol. The highest BCUT2D eigenvalue weighted by atomic mass is 16.5. The van der Waals surface area contributed by atoms with Crippen LogP contribution in [0.25, 0.3) is 0 Å². The Labute approximate surface area is 166 Å². The Morgan fingerprint density at radius 2 is 1.32 bits per heavy atom. The molecule has 0 fully saturated rings. The summed E-state index contributed by atoms with van der Waals surface area (Å²) in [5, 5.41) is 5.58. The Hall–Kier alpha value is -3.02. The van der Waals surface area contributed by atoms with Crippen molar-refractivity contribution in [3.8, 4) is 11.5 Å². The van der Waals surface area contributed by atoms with E-state index in [2.05, 4.69) is 31.4 Å². The van der Waals surface area contributed by atoms with Crippen LogP contribution < -0.4 is 20.1 Å². The van der Waals surface area contributed by atoms with Gasteiger partial charge < -0.3 is 20.1 Å². The largest absolute Gasteiger partial charge is 0.496 e. The van der Waals surface area contributed by atoms with Crippen LogP contribution in [-0.4, -0.2) is 39.1 Å². The van der Waals surface area contributed by atoms with Gasteiger partial charge in [0, 0.05) is 18.7 Å². The van der Waals surface area contributed by atoms with Crippen molar-refractivity contribution in [3.05, 3.63) is 59.2 Å². The Kier molecular flexibility index (Phi) is 7.04. The molecule has 0 aromatic heterocycles. The van der Waals surface area contributed by atoms with Crippen LogP contribution in [0.3, 0.4) is 0 Å². The van der Waals surface area contributed by atoms with Crippen molar-refractivity contribution in [1.29, 1.82) is 0 Å². The van der Waals surface area contributed by atoms with E-state index in [1.54, 1.807) is 18.2 Å². The summed E-state index contributed by atoms with van der Waals surface area (Å²) in [4.78, 5) is 24.7. The molecule has 2 rings (SSSR count). The first kappa shape index (κ1) is 21.3. The molecule has 2 aromatic carbocycles. The van der Waals surface area contributed by atoms with Crippen molar-refractivity contribution in [3.63, 3.8) is 0 Å². The molecule has 2 aromatic rings. The second kappa shape index (κ2) is 9.26. The average Bonchev–Trinajstić information content (AvgIpc) is 2.69. The van der Waals surface area contributed by atoms with Crippen molar-refractivity contribution >= 4 is 11.8 Å². The molecule has 2 amide bonds. The van der Waals surface area contributed by atoms with Gasteiger partial charge in [-0.25, -0.2) is 0 Å². The van der Waals surface area contributed by atoms with Gasteiger partial charge in [0.15, 0.2) is 0 Å². The van der Waals surface area contributed by atoms with Crippen molar-refractivity contribution in [2.24, 2.45) is 0 Å². The van der Waals surface area contributed by atoms with E-state index in [0.29, 0.717) is 29.2 Å². The zero-order valence-corrected chi connectivity index (χ0v) is 17.1. The predicted octanol–water partition coefficient (Wildman–Crippen LogP) is 3.16. The topological polar surface area (TPSA) is 76.7 Å². The molecule has 0 heterocycles. The molecule has 0 saturated heterocycles. The molecule has 28 heavy (non-hydrogen) atoms. The minimum atomic E-state index is -0.321. The first-order valence-corrected chi connectivity index (χ1v) is 9.16. The SMILES string of the molecule is COc1cccc(OC)c1C(=O)NCCNC(=O)c1ccc(C(C)(C)C)cc1. The van der Waals surface area contributed by atoms with Gasteiger partial charge in [0.05, 0.1) is 14.2 Å². The summed E-state index contributed by atoms with van der Waals surface area (Å²) >= 11 is 0. The monoisotopic (exact) mass is 384 g/mol. The van der Waals surface area contributed by atoms with Crippen LogP contribution in [-0.2, 0) is 5.41 Å². The lowest BCUT2D eigenvalue weighted by Crippen LogP contribution is -2.35. The van der Waals surface area contributed by atoms with Crippen molar-refractivity contribution < 1.29 is 19.1 Å². The smallest absolute Gasteiger partial charge is 0.258 e. The number of rotatable bonds is 7. The zero-order valence-electron chi connectivity index (χ0n) is 17.1. The van der Waals surface area contributed by atoms with Gasteiger partial charge in [0.25, 0.3) is 11.8 Å². The van der Waals surface area contributed by atoms with Crippen molar-refractivity contribution in [1.82, 2.24) is 10.6 Å². The number of nitrogens with one attached hydrogen (secondary N) is 2. The highest BCUT2D eigenvalue weighted by Gasteiger charge is 2.18. The molecule has 0 aliphatic heterocycles. The zero-order chi connectivity index (χ0) is 20.7. The molecular weight excluding hydrogens is 356 g/mol. The highest BCUT2D eigenvalue weighted by molar-refractivity contribution is 5.99. The van der Waals surface area contributed by atoms with Gasteiger partial charge in [0.2, 0.25) is 0 Å². The van der Waals surface area contributed by atoms with Gasteiger partial charge in [-0.15, -0.1) is 0 Å². The molecule has 2 N–H and O–H groups in total. The Balaban J connectivity index is 1.89. The summed E-state index contributed by atoms with van der Waals surface area (Å²) in [6, 6.07) is 12.7. The van der Waals surface area contributed by atoms with E-state index < -0.39 is 0 Å². The summed E-state index contributed by atoms with van der Waals surface area (Å²) in [6.45, 7) is 6.97. The van der Waals surface area contributed by atoms with E-state index in [4.69, 9.17) is 9.47 Å². The standard InChI is InChI=1S/C22H28N2O4/c1-22(2,3)16-11-9-15(10-12-16)20(25)23-13-14-24-21(26)19-17(27-4)7-6-8-18(19)28-5/h6-12H,13-14H2,1-5H3,(H,23,25)(H,24,26). The normalized spacial score (nSPS) is 10.9. The van der Waals surface area contributed by atoms with E-state index in [1.165, 1.54) is 19.8 Å². The van der Waals surface area contributed by atoms with Crippen LogP contribution in [0.5, 0.6) is 11.5 Å². The van der Waals surface area contributed by atoms with Crippen LogP contribution in [0.2, 0.25) is 0 Å². The summed E-state index contributed by atoms with van der Waals surface area (Å²) in [7, 11) is 2.99. The first-order valence-electron chi connectivity index (χ1n) is 9.16. The van der Waals surface area contributed by atoms with Crippen molar-refractivity contribution in [2.45, 2.75) is 26.2 Å². The number of amides is 2. The minimum Gasteiger partial charge on any atom is -0.496 e. The van der Waals surface area contributed by atoms with Crippen LogP contribution in [0, 0.1) is 0 Å². The Morgan fingerprint density at radius 1 is 0.821 bits per heavy atom. The highest BCUT2D eigenvalue weighted by Crippen LogP contribution is 2.27. The Morgan fingerprint density at radius 3 is 1.79 bits per heavy atom. The molecular formula is C22H28N2O4. The Bertz CT molecular complexity index is 801. The number of benzene rings is 2. The molecule has 0 aliphatic rings. The molecule has 6 nitrogen and oxygen atoms in total. The van der Waals surface area contributed by atoms with Crippen LogP contribution in [0.15, 0.2) is 42.5 Å². The third-order valence-electron chi connectivity index (χ3n) is 4.36. The molecule has 0 bridgehead atoms. The molecule has 150 valence electrons.